The zero-order valence-corrected chi connectivity index (χ0v) is 17.3. The summed E-state index contributed by atoms with van der Waals surface area (Å²) in [5, 5.41) is 17.5. The summed E-state index contributed by atoms with van der Waals surface area (Å²) in [6.45, 7) is 3.11. The van der Waals surface area contributed by atoms with E-state index in [-0.39, 0.29) is 9.52 Å². The van der Waals surface area contributed by atoms with E-state index in [4.69, 9.17) is 10.2 Å². The molecule has 0 aromatic heterocycles. The number of rotatable bonds is 19. The number of aliphatic hydroxyl groups is 2. The van der Waals surface area contributed by atoms with Crippen molar-refractivity contribution in [2.75, 3.05) is 13.2 Å². The molecular weight excluding hydrogens is 300 g/mol. The minimum atomic E-state index is 0.175. The molecule has 0 saturated heterocycles. The summed E-state index contributed by atoms with van der Waals surface area (Å²) in [6.07, 6.45) is 19.9. The lowest BCUT2D eigenvalue weighted by Crippen LogP contribution is -2.03. The predicted molar refractivity (Wildman–Crippen MR) is 106 cm³/mol. The van der Waals surface area contributed by atoms with Gasteiger partial charge in [-0.1, -0.05) is 102 Å². The quantitative estimate of drug-likeness (QED) is 0.249. The van der Waals surface area contributed by atoms with Crippen molar-refractivity contribution in [3.8, 4) is 0 Å². The molecule has 0 aromatic carbocycles. The molecule has 1 atom stereocenters. The van der Waals surface area contributed by atoms with E-state index in [9.17, 15) is 0 Å². The van der Waals surface area contributed by atoms with Crippen molar-refractivity contribution in [1.29, 1.82) is 0 Å². The molecule has 0 amide bonds. The van der Waals surface area contributed by atoms with Gasteiger partial charge in [-0.2, -0.15) is 0 Å². The van der Waals surface area contributed by atoms with Gasteiger partial charge in [0.2, 0.25) is 0 Å². The van der Waals surface area contributed by atoms with E-state index >= 15 is 0 Å². The minimum Gasteiger partial charge on any atom is -0.396 e. The molecule has 0 spiro atoms. The van der Waals surface area contributed by atoms with Gasteiger partial charge in [-0.15, -0.1) is 0 Å². The fourth-order valence-corrected chi connectivity index (χ4v) is 5.49. The molecule has 0 aliphatic heterocycles. The van der Waals surface area contributed by atoms with Crippen LogP contribution in [0.3, 0.4) is 0 Å². The lowest BCUT2D eigenvalue weighted by molar-refractivity contribution is 0.282. The molecule has 140 valence electrons. The maximum absolute atomic E-state index is 8.79. The van der Waals surface area contributed by atoms with Gasteiger partial charge in [0, 0.05) is 22.7 Å². The van der Waals surface area contributed by atoms with Crippen LogP contribution in [0, 0.1) is 0 Å². The molecule has 0 rings (SSSR count). The van der Waals surface area contributed by atoms with Crippen LogP contribution in [-0.2, 0) is 0 Å². The van der Waals surface area contributed by atoms with Crippen LogP contribution in [0.2, 0.25) is 11.6 Å². The molecule has 0 radical (unpaired) electrons. The molecule has 0 aromatic rings. The van der Waals surface area contributed by atoms with Crippen LogP contribution in [0.25, 0.3) is 0 Å². The average Bonchev–Trinajstić information content (AvgIpc) is 2.56. The van der Waals surface area contributed by atoms with Crippen LogP contribution in [-0.4, -0.2) is 32.9 Å². The predicted octanol–water partition coefficient (Wildman–Crippen LogP) is 5.22. The van der Waals surface area contributed by atoms with Gasteiger partial charge < -0.3 is 10.2 Å². The van der Waals surface area contributed by atoms with E-state index < -0.39 is 0 Å². The Labute approximate surface area is 148 Å². The number of unbranched alkanes of at least 4 members (excludes halogenated alkanes) is 11. The molecule has 3 heteroatoms. The lowest BCUT2D eigenvalue weighted by atomic mass is 10.0. The normalized spacial score (nSPS) is 13.2. The van der Waals surface area contributed by atoms with E-state index in [0.717, 1.165) is 18.4 Å². The Morgan fingerprint density at radius 2 is 0.913 bits per heavy atom. The molecule has 2 nitrogen and oxygen atoms in total. The van der Waals surface area contributed by atoms with Crippen molar-refractivity contribution < 1.29 is 10.2 Å². The second kappa shape index (κ2) is 20.2. The Kier molecular flexibility index (Phi) is 20.3. The van der Waals surface area contributed by atoms with Gasteiger partial charge in [0.15, 0.2) is 0 Å². The van der Waals surface area contributed by atoms with Crippen LogP contribution in [0.4, 0.5) is 0 Å². The van der Waals surface area contributed by atoms with Gasteiger partial charge in [-0.05, 0) is 12.8 Å². The molecule has 0 bridgehead atoms. The summed E-state index contributed by atoms with van der Waals surface area (Å²) in [7, 11) is 0.175. The lowest BCUT2D eigenvalue weighted by Gasteiger charge is -2.15. The molecule has 23 heavy (non-hydrogen) atoms. The van der Waals surface area contributed by atoms with Crippen LogP contribution >= 0.6 is 0 Å². The first-order valence-electron chi connectivity index (χ1n) is 10.6. The molecular formula is C20H44O2Si. The SMILES string of the molecule is CC[SiH2]C(CCCCCCCO)CCCCCCCCCCO. The summed E-state index contributed by atoms with van der Waals surface area (Å²) in [6, 6.07) is 1.47. The highest BCUT2D eigenvalue weighted by atomic mass is 28.2. The molecule has 2 N–H and O–H groups in total. The van der Waals surface area contributed by atoms with Gasteiger partial charge in [0.25, 0.3) is 0 Å². The second-order valence-corrected chi connectivity index (χ2v) is 10.0. The molecule has 0 fully saturated rings. The molecule has 0 aliphatic rings. The van der Waals surface area contributed by atoms with E-state index in [1.165, 1.54) is 89.5 Å². The molecule has 0 heterocycles. The molecule has 0 aliphatic carbocycles. The molecule has 0 saturated carbocycles. The van der Waals surface area contributed by atoms with Gasteiger partial charge in [0.1, 0.15) is 0 Å². The number of hydrogen-bond donors (Lipinski definition) is 2. The number of hydrogen-bond acceptors (Lipinski definition) is 2. The second-order valence-electron chi connectivity index (χ2n) is 7.28. The largest absolute Gasteiger partial charge is 0.396 e. The van der Waals surface area contributed by atoms with E-state index in [0.29, 0.717) is 13.2 Å². The fraction of sp³-hybridized carbons (Fsp3) is 1.00. The van der Waals surface area contributed by atoms with Gasteiger partial charge >= 0.3 is 0 Å². The fourth-order valence-electron chi connectivity index (χ4n) is 3.52. The Balaban J connectivity index is 3.42. The van der Waals surface area contributed by atoms with Gasteiger partial charge in [-0.25, -0.2) is 0 Å². The van der Waals surface area contributed by atoms with Crippen molar-refractivity contribution in [2.24, 2.45) is 0 Å². The zero-order chi connectivity index (χ0) is 17.0. The van der Waals surface area contributed by atoms with Crippen LogP contribution < -0.4 is 0 Å². The maximum atomic E-state index is 8.79. The monoisotopic (exact) mass is 344 g/mol. The first kappa shape index (κ1) is 23.1. The third-order valence-electron chi connectivity index (χ3n) is 4.99. The van der Waals surface area contributed by atoms with Crippen molar-refractivity contribution >= 4 is 9.52 Å². The maximum Gasteiger partial charge on any atom is 0.0431 e. The van der Waals surface area contributed by atoms with Crippen LogP contribution in [0.5, 0.6) is 0 Å². The Morgan fingerprint density at radius 3 is 1.26 bits per heavy atom. The summed E-state index contributed by atoms with van der Waals surface area (Å²) >= 11 is 0. The highest BCUT2D eigenvalue weighted by Gasteiger charge is 2.07. The highest BCUT2D eigenvalue weighted by molar-refractivity contribution is 6.37. The third kappa shape index (κ3) is 18.3. The van der Waals surface area contributed by atoms with Crippen molar-refractivity contribution in [2.45, 2.75) is 115 Å². The van der Waals surface area contributed by atoms with Crippen LogP contribution in [0.15, 0.2) is 0 Å². The Hall–Kier alpha value is 0.137. The first-order valence-corrected chi connectivity index (χ1v) is 12.4. The highest BCUT2D eigenvalue weighted by Crippen LogP contribution is 2.24. The summed E-state index contributed by atoms with van der Waals surface area (Å²) in [5.74, 6) is 0. The molecule has 1 unspecified atom stereocenters. The van der Waals surface area contributed by atoms with E-state index in [1.54, 1.807) is 0 Å². The minimum absolute atomic E-state index is 0.175. The smallest absolute Gasteiger partial charge is 0.0431 e. The zero-order valence-electron chi connectivity index (χ0n) is 15.9. The standard InChI is InChI=1S/C20H44O2Si/c1-2-23-20(17-13-9-7-11-15-19-22)16-12-8-5-3-4-6-10-14-18-21/h20-22H,2-19,23H2,1H3. The van der Waals surface area contributed by atoms with Gasteiger partial charge in [-0.3, -0.25) is 0 Å². The topological polar surface area (TPSA) is 40.5 Å². The number of aliphatic hydroxyl groups excluding tert-OH is 2. The summed E-state index contributed by atoms with van der Waals surface area (Å²) in [4.78, 5) is 0. The van der Waals surface area contributed by atoms with E-state index in [2.05, 4.69) is 6.92 Å². The van der Waals surface area contributed by atoms with Gasteiger partial charge in [0.05, 0.1) is 0 Å². The summed E-state index contributed by atoms with van der Waals surface area (Å²) < 4.78 is 0. The third-order valence-corrected chi connectivity index (χ3v) is 7.20. The summed E-state index contributed by atoms with van der Waals surface area (Å²) in [5.41, 5.74) is 1.10. The average molecular weight is 345 g/mol. The van der Waals surface area contributed by atoms with Crippen LogP contribution in [0.1, 0.15) is 103 Å². The van der Waals surface area contributed by atoms with Crippen molar-refractivity contribution in [3.63, 3.8) is 0 Å². The first-order chi connectivity index (χ1) is 11.3. The van der Waals surface area contributed by atoms with Crippen molar-refractivity contribution in [1.82, 2.24) is 0 Å². The van der Waals surface area contributed by atoms with E-state index in [1.807, 2.05) is 0 Å². The Bertz CT molecular complexity index is 212. The Morgan fingerprint density at radius 1 is 0.565 bits per heavy atom. The van der Waals surface area contributed by atoms with Crippen molar-refractivity contribution in [3.05, 3.63) is 0 Å².